The molecule has 4 rings (SSSR count). The number of rotatable bonds is 1. The lowest BCUT2D eigenvalue weighted by atomic mass is 9.74. The quantitative estimate of drug-likeness (QED) is 0.743. The minimum Gasteiger partial charge on any atom is -0.372 e. The van der Waals surface area contributed by atoms with Gasteiger partial charge < -0.3 is 10.6 Å². The summed E-state index contributed by atoms with van der Waals surface area (Å²) in [5, 5.41) is 9.29. The van der Waals surface area contributed by atoms with Crippen molar-refractivity contribution < 1.29 is 4.79 Å². The van der Waals surface area contributed by atoms with Gasteiger partial charge in [0.05, 0.1) is 17.4 Å². The van der Waals surface area contributed by atoms with Gasteiger partial charge >= 0.3 is 0 Å². The van der Waals surface area contributed by atoms with E-state index in [-0.39, 0.29) is 17.2 Å². The molecule has 2 heterocycles. The fourth-order valence-corrected chi connectivity index (χ4v) is 4.75. The number of fused-ring (bicyclic) bond motifs is 1. The highest BCUT2D eigenvalue weighted by atomic mass is 32.1. The van der Waals surface area contributed by atoms with Crippen LogP contribution in [-0.2, 0) is 4.79 Å². The summed E-state index contributed by atoms with van der Waals surface area (Å²) in [7, 11) is 0. The summed E-state index contributed by atoms with van der Waals surface area (Å²) in [6, 6.07) is 10.3. The molecule has 0 fully saturated rings. The number of carbonyl (C=O) groups is 1. The van der Waals surface area contributed by atoms with Crippen LogP contribution < -0.4 is 10.6 Å². The normalized spacial score (nSPS) is 22.1. The van der Waals surface area contributed by atoms with Crippen molar-refractivity contribution in [2.45, 2.75) is 39.7 Å². The zero-order valence-electron chi connectivity index (χ0n) is 14.3. The summed E-state index contributed by atoms with van der Waals surface area (Å²) in [6.45, 7) is 6.47. The highest BCUT2D eigenvalue weighted by Gasteiger charge is 2.39. The number of allylic oxidation sites excluding steroid dienone is 1. The highest BCUT2D eigenvalue weighted by Crippen LogP contribution is 2.46. The summed E-state index contributed by atoms with van der Waals surface area (Å²) in [6.07, 6.45) is 1.50. The predicted octanol–water partition coefficient (Wildman–Crippen LogP) is 5.28. The SMILES string of the molecule is Cc1ccsc1C1Nc2ccccc2NC2=C1C(=O)CC(C)(C)C2. The second-order valence-corrected chi connectivity index (χ2v) is 8.50. The Kier molecular flexibility index (Phi) is 3.53. The van der Waals surface area contributed by atoms with Crippen LogP contribution in [0.3, 0.4) is 0 Å². The first-order valence-electron chi connectivity index (χ1n) is 8.37. The van der Waals surface area contributed by atoms with E-state index in [1.165, 1.54) is 10.4 Å². The summed E-state index contributed by atoms with van der Waals surface area (Å²) in [5.41, 5.74) is 5.32. The Morgan fingerprint density at radius 3 is 2.58 bits per heavy atom. The van der Waals surface area contributed by atoms with Gasteiger partial charge in [-0.1, -0.05) is 26.0 Å². The fraction of sp³-hybridized carbons (Fsp3) is 0.350. The Balaban J connectivity index is 1.90. The van der Waals surface area contributed by atoms with E-state index < -0.39 is 0 Å². The second kappa shape index (κ2) is 5.49. The third-order valence-corrected chi connectivity index (χ3v) is 5.97. The number of thiophene rings is 1. The third-order valence-electron chi connectivity index (χ3n) is 4.89. The topological polar surface area (TPSA) is 41.1 Å². The molecule has 3 nitrogen and oxygen atoms in total. The molecule has 0 saturated carbocycles. The zero-order chi connectivity index (χ0) is 16.9. The van der Waals surface area contributed by atoms with Gasteiger partial charge in [0, 0.05) is 22.6 Å². The second-order valence-electron chi connectivity index (χ2n) is 7.55. The van der Waals surface area contributed by atoms with Crippen molar-refractivity contribution in [2.24, 2.45) is 5.41 Å². The summed E-state index contributed by atoms with van der Waals surface area (Å²) in [4.78, 5) is 14.3. The molecule has 0 spiro atoms. The Bertz CT molecular complexity index is 847. The number of Topliss-reactive ketones (excluding diaryl/α,β-unsaturated/α-hetero) is 1. The minimum absolute atomic E-state index is 0.00273. The Morgan fingerprint density at radius 2 is 1.88 bits per heavy atom. The summed E-state index contributed by atoms with van der Waals surface area (Å²) in [5.74, 6) is 0.256. The van der Waals surface area contributed by atoms with E-state index in [1.54, 1.807) is 11.3 Å². The maximum Gasteiger partial charge on any atom is 0.163 e. The molecule has 2 aromatic rings. The average molecular weight is 338 g/mol. The molecule has 1 unspecified atom stereocenters. The number of carbonyl (C=O) groups excluding carboxylic acids is 1. The van der Waals surface area contributed by atoms with Crippen LogP contribution in [0, 0.1) is 12.3 Å². The monoisotopic (exact) mass is 338 g/mol. The van der Waals surface area contributed by atoms with Crippen molar-refractivity contribution in [1.82, 2.24) is 0 Å². The minimum atomic E-state index is -0.0697. The Morgan fingerprint density at radius 1 is 1.12 bits per heavy atom. The number of hydrogen-bond acceptors (Lipinski definition) is 4. The van der Waals surface area contributed by atoms with Crippen LogP contribution in [0.25, 0.3) is 0 Å². The molecule has 1 aromatic heterocycles. The summed E-state index contributed by atoms with van der Waals surface area (Å²) >= 11 is 1.72. The smallest absolute Gasteiger partial charge is 0.163 e. The fourth-order valence-electron chi connectivity index (χ4n) is 3.77. The molecule has 1 aliphatic heterocycles. The van der Waals surface area contributed by atoms with Crippen molar-refractivity contribution in [3.8, 4) is 0 Å². The molecule has 0 amide bonds. The van der Waals surface area contributed by atoms with Gasteiger partial charge in [0.2, 0.25) is 0 Å². The van der Waals surface area contributed by atoms with Crippen molar-refractivity contribution in [1.29, 1.82) is 0 Å². The van der Waals surface area contributed by atoms with Gasteiger partial charge in [0.15, 0.2) is 5.78 Å². The van der Waals surface area contributed by atoms with Gasteiger partial charge in [-0.15, -0.1) is 11.3 Å². The van der Waals surface area contributed by atoms with Gasteiger partial charge in [-0.05, 0) is 47.9 Å². The molecular weight excluding hydrogens is 316 g/mol. The van der Waals surface area contributed by atoms with E-state index in [0.717, 1.165) is 29.1 Å². The van der Waals surface area contributed by atoms with E-state index in [2.05, 4.69) is 55.0 Å². The molecule has 0 saturated heterocycles. The standard InChI is InChI=1S/C20H22N2OS/c1-12-8-9-24-19(12)18-17-15(10-20(2,3)11-16(17)23)21-13-6-4-5-7-14(13)22-18/h4-9,18,21-22H,10-11H2,1-3H3. The molecule has 1 aliphatic carbocycles. The van der Waals surface area contributed by atoms with Gasteiger partial charge in [-0.2, -0.15) is 0 Å². The number of ketones is 1. The van der Waals surface area contributed by atoms with E-state index in [1.807, 2.05) is 12.1 Å². The third kappa shape index (κ3) is 2.55. The van der Waals surface area contributed by atoms with Crippen molar-refractivity contribution in [3.63, 3.8) is 0 Å². The van der Waals surface area contributed by atoms with Gasteiger partial charge in [0.1, 0.15) is 0 Å². The van der Waals surface area contributed by atoms with E-state index in [4.69, 9.17) is 0 Å². The highest BCUT2D eigenvalue weighted by molar-refractivity contribution is 7.10. The molecule has 2 aliphatic rings. The van der Waals surface area contributed by atoms with Crippen LogP contribution in [0.5, 0.6) is 0 Å². The van der Waals surface area contributed by atoms with Crippen LogP contribution in [0.15, 0.2) is 47.0 Å². The van der Waals surface area contributed by atoms with Crippen molar-refractivity contribution >= 4 is 28.5 Å². The van der Waals surface area contributed by atoms with Crippen LogP contribution in [0.4, 0.5) is 11.4 Å². The van der Waals surface area contributed by atoms with Gasteiger partial charge in [0.25, 0.3) is 0 Å². The molecule has 24 heavy (non-hydrogen) atoms. The lowest BCUT2D eigenvalue weighted by molar-refractivity contribution is -0.118. The maximum absolute atomic E-state index is 13.0. The lowest BCUT2D eigenvalue weighted by Crippen LogP contribution is -2.31. The van der Waals surface area contributed by atoms with Crippen molar-refractivity contribution in [2.75, 3.05) is 10.6 Å². The number of anilines is 2. The van der Waals surface area contributed by atoms with Crippen LogP contribution in [0.2, 0.25) is 0 Å². The number of para-hydroxylation sites is 2. The Labute approximate surface area is 146 Å². The molecule has 1 aromatic carbocycles. The number of hydrogen-bond donors (Lipinski definition) is 2. The largest absolute Gasteiger partial charge is 0.372 e. The zero-order valence-corrected chi connectivity index (χ0v) is 15.1. The molecule has 2 N–H and O–H groups in total. The molecule has 0 radical (unpaired) electrons. The number of benzene rings is 1. The van der Waals surface area contributed by atoms with Crippen LogP contribution in [-0.4, -0.2) is 5.78 Å². The lowest BCUT2D eigenvalue weighted by Gasteiger charge is -2.34. The molecule has 0 bridgehead atoms. The van der Waals surface area contributed by atoms with Crippen molar-refractivity contribution in [3.05, 3.63) is 57.4 Å². The van der Waals surface area contributed by atoms with E-state index in [9.17, 15) is 4.79 Å². The molecule has 1 atom stereocenters. The van der Waals surface area contributed by atoms with Crippen LogP contribution >= 0.6 is 11.3 Å². The predicted molar refractivity (Wildman–Crippen MR) is 101 cm³/mol. The first-order chi connectivity index (χ1) is 11.4. The van der Waals surface area contributed by atoms with E-state index >= 15 is 0 Å². The molecular formula is C20H22N2OS. The van der Waals surface area contributed by atoms with Gasteiger partial charge in [-0.3, -0.25) is 4.79 Å². The molecule has 4 heteroatoms. The first kappa shape index (κ1) is 15.5. The molecule has 124 valence electrons. The van der Waals surface area contributed by atoms with E-state index in [0.29, 0.717) is 6.42 Å². The number of aryl methyl sites for hydroxylation is 1. The number of nitrogens with one attached hydrogen (secondary N) is 2. The van der Waals surface area contributed by atoms with Gasteiger partial charge in [-0.25, -0.2) is 0 Å². The first-order valence-corrected chi connectivity index (χ1v) is 9.25. The maximum atomic E-state index is 13.0. The summed E-state index contributed by atoms with van der Waals surface area (Å²) < 4.78 is 0. The Hall–Kier alpha value is -2.07. The average Bonchev–Trinajstić information content (AvgIpc) is 2.85. The van der Waals surface area contributed by atoms with Crippen LogP contribution in [0.1, 0.15) is 43.2 Å².